The number of fused-ring (bicyclic) bond motifs is 3. The first-order chi connectivity index (χ1) is 26.9. The predicted octanol–water partition coefficient (Wildman–Crippen LogP) is 3.04. The lowest BCUT2D eigenvalue weighted by molar-refractivity contribution is -0.595. The number of esters is 2. The number of carbonyl (C=O) groups is 2. The quantitative estimate of drug-likeness (QED) is 0.216. The molecule has 4 saturated carbocycles. The molecular formula is C44H58O13. The Bertz CT molecular complexity index is 1830. The maximum atomic E-state index is 13.7. The number of aliphatic hydroxyl groups excluding tert-OH is 2. The molecule has 0 amide bonds. The molecule has 19 atom stereocenters. The summed E-state index contributed by atoms with van der Waals surface area (Å²) >= 11 is 0. The molecule has 57 heavy (non-hydrogen) atoms. The van der Waals surface area contributed by atoms with Crippen molar-refractivity contribution in [3.63, 3.8) is 0 Å². The van der Waals surface area contributed by atoms with Gasteiger partial charge in [0.2, 0.25) is 0 Å². The van der Waals surface area contributed by atoms with Crippen molar-refractivity contribution in [3.8, 4) is 0 Å². The summed E-state index contributed by atoms with van der Waals surface area (Å²) in [5.74, 6) is -6.33. The minimum atomic E-state index is -2.21. The fourth-order valence-electron chi connectivity index (χ4n) is 13.0. The Kier molecular flexibility index (Phi) is 9.16. The largest absolute Gasteiger partial charge is 0.458 e. The second kappa shape index (κ2) is 13.1. The van der Waals surface area contributed by atoms with Gasteiger partial charge in [0.25, 0.3) is 0 Å². The smallest absolute Gasteiger partial charge is 0.331 e. The summed E-state index contributed by atoms with van der Waals surface area (Å²) < 4.78 is 39.5. The van der Waals surface area contributed by atoms with E-state index in [0.29, 0.717) is 18.4 Å². The van der Waals surface area contributed by atoms with Crippen LogP contribution in [0, 0.1) is 47.3 Å². The monoisotopic (exact) mass is 794 g/mol. The van der Waals surface area contributed by atoms with Gasteiger partial charge in [-0.1, -0.05) is 77.1 Å². The van der Waals surface area contributed by atoms with Crippen LogP contribution in [0.4, 0.5) is 0 Å². The van der Waals surface area contributed by atoms with Crippen LogP contribution < -0.4 is 0 Å². The molecule has 8 fully saturated rings. The maximum absolute atomic E-state index is 13.7. The van der Waals surface area contributed by atoms with Crippen molar-refractivity contribution in [1.82, 2.24) is 0 Å². The molecule has 1 aromatic rings. The fourth-order valence-corrected chi connectivity index (χ4v) is 13.0. The SMILES string of the molecule is CC(C)CC(=O)O[C@@H]1/C=C\C=C/C(=O)O[C@H]2[C@@H](C)C[C@@H]3[C@]2(O)[C@H](O)[C@@]2(CO)O[C@H]2[C@H]2[C@H]4OC5(c6ccccc6)O[C@@H]([C@@H](C)[C@@]23O5)[C@@]4(O)[C@](C)(O)C[C@H]2CC[C@H]1[C@H]2C. The van der Waals surface area contributed by atoms with Crippen LogP contribution in [-0.2, 0) is 44.0 Å². The van der Waals surface area contributed by atoms with Gasteiger partial charge in [-0.15, -0.1) is 0 Å². The fraction of sp³-hybridized carbons (Fsp3) is 0.727. The topological polar surface area (TPSA) is 194 Å². The molecule has 0 radical (unpaired) electrons. The molecule has 4 aliphatic carbocycles. The third-order valence-corrected chi connectivity index (χ3v) is 15.8. The molecule has 312 valence electrons. The highest BCUT2D eigenvalue weighted by Gasteiger charge is 2.91. The van der Waals surface area contributed by atoms with E-state index in [1.807, 2.05) is 45.9 Å². The molecule has 10 rings (SSSR count). The second-order valence-electron chi connectivity index (χ2n) is 19.3. The van der Waals surface area contributed by atoms with Crippen molar-refractivity contribution in [3.05, 3.63) is 60.2 Å². The Morgan fingerprint density at radius 1 is 0.965 bits per heavy atom. The van der Waals surface area contributed by atoms with Gasteiger partial charge in [-0.3, -0.25) is 4.79 Å². The van der Waals surface area contributed by atoms with Crippen molar-refractivity contribution in [1.29, 1.82) is 0 Å². The number of ether oxygens (including phenoxy) is 6. The number of aliphatic hydroxyl groups is 5. The zero-order valence-corrected chi connectivity index (χ0v) is 33.5. The first kappa shape index (κ1) is 39.7. The zero-order valence-electron chi connectivity index (χ0n) is 33.5. The Balaban J connectivity index is 1.22. The molecular weight excluding hydrogens is 736 g/mol. The van der Waals surface area contributed by atoms with Gasteiger partial charge in [0.1, 0.15) is 53.4 Å². The van der Waals surface area contributed by atoms with E-state index in [9.17, 15) is 35.1 Å². The summed E-state index contributed by atoms with van der Waals surface area (Å²) in [7, 11) is 0. The molecule has 13 nitrogen and oxygen atoms in total. The van der Waals surface area contributed by atoms with Crippen LogP contribution >= 0.6 is 0 Å². The minimum absolute atomic E-state index is 0.0620. The average molecular weight is 795 g/mol. The van der Waals surface area contributed by atoms with Crippen molar-refractivity contribution in [2.45, 2.75) is 144 Å². The molecule has 0 aromatic heterocycles. The summed E-state index contributed by atoms with van der Waals surface area (Å²) in [5, 5.41) is 63.3. The number of allylic oxidation sites excluding steroid dienone is 2. The van der Waals surface area contributed by atoms with E-state index in [4.69, 9.17) is 28.4 Å². The van der Waals surface area contributed by atoms with Crippen LogP contribution in [0.2, 0.25) is 0 Å². The zero-order chi connectivity index (χ0) is 40.7. The summed E-state index contributed by atoms with van der Waals surface area (Å²) in [6.45, 7) is 10.6. The van der Waals surface area contributed by atoms with Gasteiger partial charge in [0.15, 0.2) is 0 Å². The van der Waals surface area contributed by atoms with Gasteiger partial charge in [-0.2, -0.15) is 0 Å². The molecule has 5 N–H and O–H groups in total. The van der Waals surface area contributed by atoms with Gasteiger partial charge >= 0.3 is 17.9 Å². The Labute approximate surface area is 333 Å². The lowest BCUT2D eigenvalue weighted by atomic mass is 9.49. The predicted molar refractivity (Wildman–Crippen MR) is 200 cm³/mol. The molecule has 4 saturated heterocycles. The van der Waals surface area contributed by atoms with Gasteiger partial charge in [0, 0.05) is 41.7 Å². The number of carbonyl (C=O) groups excluding carboxylic acids is 2. The minimum Gasteiger partial charge on any atom is -0.458 e. The number of epoxide rings is 1. The van der Waals surface area contributed by atoms with E-state index in [-0.39, 0.29) is 48.9 Å². The van der Waals surface area contributed by atoms with E-state index >= 15 is 0 Å². The lowest BCUT2D eigenvalue weighted by Crippen LogP contribution is -2.89. The van der Waals surface area contributed by atoms with Gasteiger partial charge in [-0.05, 0) is 62.4 Å². The van der Waals surface area contributed by atoms with E-state index in [0.717, 1.165) is 0 Å². The highest BCUT2D eigenvalue weighted by atomic mass is 16.9. The van der Waals surface area contributed by atoms with Crippen LogP contribution in [0.25, 0.3) is 0 Å². The first-order valence-electron chi connectivity index (χ1n) is 20.9. The van der Waals surface area contributed by atoms with Crippen LogP contribution in [0.15, 0.2) is 54.6 Å². The Morgan fingerprint density at radius 3 is 2.39 bits per heavy atom. The summed E-state index contributed by atoms with van der Waals surface area (Å²) in [6.07, 6.45) is 1.15. The molecule has 1 aromatic carbocycles. The molecule has 5 heterocycles. The number of hydrogen-bond donors (Lipinski definition) is 5. The van der Waals surface area contributed by atoms with Crippen molar-refractivity contribution in [2.24, 2.45) is 47.3 Å². The molecule has 10 bridgehead atoms. The van der Waals surface area contributed by atoms with Crippen molar-refractivity contribution >= 4 is 11.9 Å². The standard InChI is InChI=1S/C44H58O13/c1-22(2)18-32(47)52-29-14-10-11-15-31(46)53-34-23(3)19-30-41(34,50)38(48)40(21-45)36(54-40)33-37-43(51,39(6,49)20-26-16-17-28(29)24(26)4)35-25(5)42(30,33)57-44(55-35,56-37)27-12-8-7-9-13-27/h7-15,22-26,28-30,33-38,45,48-51H,16-21H2,1-6H3/b14-10-,15-11-/t23-,24-,25+,26+,28-,29+,30+,33-,34-,35-,36-,37+,38+,39+,40-,41+,42-,43-,44?/m0/s1. The van der Waals surface area contributed by atoms with E-state index < -0.39 is 107 Å². The number of hydrogen-bond acceptors (Lipinski definition) is 13. The van der Waals surface area contributed by atoms with E-state index in [2.05, 4.69) is 6.92 Å². The number of benzene rings is 1. The van der Waals surface area contributed by atoms with Crippen LogP contribution in [0.3, 0.4) is 0 Å². The Hall–Kier alpha value is -2.72. The molecule has 9 aliphatic rings. The van der Waals surface area contributed by atoms with Crippen molar-refractivity contribution < 1.29 is 63.5 Å². The lowest BCUT2D eigenvalue weighted by Gasteiger charge is -2.74. The highest BCUT2D eigenvalue weighted by molar-refractivity contribution is 5.82. The maximum Gasteiger partial charge on any atom is 0.331 e. The second-order valence-corrected chi connectivity index (χ2v) is 19.3. The highest BCUT2D eigenvalue weighted by Crippen LogP contribution is 2.75. The first-order valence-corrected chi connectivity index (χ1v) is 20.9. The van der Waals surface area contributed by atoms with Crippen LogP contribution in [0.1, 0.15) is 79.2 Å². The van der Waals surface area contributed by atoms with E-state index in [1.54, 1.807) is 31.2 Å². The number of rotatable bonds is 5. The van der Waals surface area contributed by atoms with Crippen LogP contribution in [0.5, 0.6) is 0 Å². The average Bonchev–Trinajstić information content (AvgIpc) is 3.72. The van der Waals surface area contributed by atoms with Gasteiger partial charge < -0.3 is 54.0 Å². The summed E-state index contributed by atoms with van der Waals surface area (Å²) in [4.78, 5) is 26.7. The molecule has 13 heteroatoms. The summed E-state index contributed by atoms with van der Waals surface area (Å²) in [6, 6.07) is 9.04. The molecule has 1 spiro atoms. The van der Waals surface area contributed by atoms with Gasteiger partial charge in [0.05, 0.1) is 17.8 Å². The van der Waals surface area contributed by atoms with Crippen molar-refractivity contribution in [2.75, 3.05) is 6.61 Å². The van der Waals surface area contributed by atoms with E-state index in [1.165, 1.54) is 12.2 Å². The van der Waals surface area contributed by atoms with Gasteiger partial charge in [-0.25, -0.2) is 4.79 Å². The molecule has 5 aliphatic heterocycles. The summed E-state index contributed by atoms with van der Waals surface area (Å²) in [5.41, 5.74) is -8.82. The third-order valence-electron chi connectivity index (χ3n) is 15.8. The third kappa shape index (κ3) is 5.26. The normalized spacial score (nSPS) is 54.4. The molecule has 1 unspecified atom stereocenters. The Morgan fingerprint density at radius 2 is 1.68 bits per heavy atom. The van der Waals surface area contributed by atoms with Crippen LogP contribution in [-0.4, -0.2) is 109 Å².